The number of rotatable bonds is 1. The lowest BCUT2D eigenvalue weighted by Gasteiger charge is -2.09. The normalized spacial score (nSPS) is 11.1. The third-order valence-corrected chi connectivity index (χ3v) is 3.18. The highest BCUT2D eigenvalue weighted by molar-refractivity contribution is 5.96. The summed E-state index contributed by atoms with van der Waals surface area (Å²) < 4.78 is 1.68. The van der Waals surface area contributed by atoms with Gasteiger partial charge in [0.05, 0.1) is 5.52 Å². The molecule has 0 atom stereocenters. The number of para-hydroxylation sites is 1. The zero-order chi connectivity index (χ0) is 13.6. The van der Waals surface area contributed by atoms with Crippen LogP contribution in [0.25, 0.3) is 16.6 Å². The first-order valence-corrected chi connectivity index (χ1v) is 5.87. The van der Waals surface area contributed by atoms with E-state index in [0.29, 0.717) is 11.3 Å². The molecule has 19 heavy (non-hydrogen) atoms. The molecular formula is C14H11N3O2. The van der Waals surface area contributed by atoms with Crippen LogP contribution >= 0.6 is 0 Å². The number of fused-ring (bicyclic) bond motifs is 3. The molecule has 3 aromatic rings. The molecule has 94 valence electrons. The van der Waals surface area contributed by atoms with Gasteiger partial charge in [0.2, 0.25) is 0 Å². The van der Waals surface area contributed by atoms with Crippen molar-refractivity contribution in [2.24, 2.45) is 0 Å². The predicted molar refractivity (Wildman–Crippen MR) is 71.5 cm³/mol. The summed E-state index contributed by atoms with van der Waals surface area (Å²) in [4.78, 5) is 31.8. The molecule has 3 rings (SSSR count). The quantitative estimate of drug-likeness (QED) is 0.489. The summed E-state index contributed by atoms with van der Waals surface area (Å²) >= 11 is 0. The smallest absolute Gasteiger partial charge is 0.284 e. The standard InChI is InChI=1S/C14H11N3O2/c1-8-12(9(2)18)14(19)16-13-10-5-3-4-6-11(10)15-7-17(8)13/h3-7H,1-2H3. The maximum Gasteiger partial charge on any atom is 0.284 e. The summed E-state index contributed by atoms with van der Waals surface area (Å²) in [7, 11) is 0. The summed E-state index contributed by atoms with van der Waals surface area (Å²) in [6.07, 6.45) is 1.59. The zero-order valence-electron chi connectivity index (χ0n) is 10.5. The van der Waals surface area contributed by atoms with Crippen molar-refractivity contribution in [3.05, 3.63) is 52.2 Å². The molecule has 5 heteroatoms. The molecule has 0 aliphatic carbocycles. The Bertz CT molecular complexity index is 881. The van der Waals surface area contributed by atoms with Crippen LogP contribution in [0.5, 0.6) is 0 Å². The van der Waals surface area contributed by atoms with Gasteiger partial charge in [-0.1, -0.05) is 12.1 Å². The lowest BCUT2D eigenvalue weighted by atomic mass is 10.1. The average molecular weight is 253 g/mol. The van der Waals surface area contributed by atoms with Crippen LogP contribution in [0.1, 0.15) is 23.0 Å². The zero-order valence-corrected chi connectivity index (χ0v) is 10.5. The Morgan fingerprint density at radius 2 is 2.00 bits per heavy atom. The maximum atomic E-state index is 12.0. The van der Waals surface area contributed by atoms with E-state index < -0.39 is 5.56 Å². The molecule has 2 heterocycles. The molecule has 0 aliphatic rings. The molecule has 0 saturated heterocycles. The number of hydrogen-bond donors (Lipinski definition) is 0. The Balaban J connectivity index is 2.57. The minimum atomic E-state index is -0.485. The summed E-state index contributed by atoms with van der Waals surface area (Å²) in [6, 6.07) is 7.46. The largest absolute Gasteiger partial charge is 0.294 e. The van der Waals surface area contributed by atoms with E-state index in [4.69, 9.17) is 0 Å². The summed E-state index contributed by atoms with van der Waals surface area (Å²) in [5.74, 6) is -0.280. The van der Waals surface area contributed by atoms with Gasteiger partial charge in [-0.05, 0) is 26.0 Å². The highest BCUT2D eigenvalue weighted by Gasteiger charge is 2.15. The minimum Gasteiger partial charge on any atom is -0.294 e. The van der Waals surface area contributed by atoms with Crippen molar-refractivity contribution in [1.82, 2.24) is 14.4 Å². The van der Waals surface area contributed by atoms with Gasteiger partial charge in [-0.15, -0.1) is 0 Å². The predicted octanol–water partition coefficient (Wildman–Crippen LogP) is 1.75. The van der Waals surface area contributed by atoms with Crippen LogP contribution < -0.4 is 5.56 Å². The fraction of sp³-hybridized carbons (Fsp3) is 0.143. The van der Waals surface area contributed by atoms with Gasteiger partial charge in [0.15, 0.2) is 11.4 Å². The van der Waals surface area contributed by atoms with Gasteiger partial charge in [0.25, 0.3) is 5.56 Å². The number of carbonyl (C=O) groups is 1. The van der Waals surface area contributed by atoms with E-state index in [1.54, 1.807) is 17.7 Å². The van der Waals surface area contributed by atoms with E-state index >= 15 is 0 Å². The van der Waals surface area contributed by atoms with Crippen LogP contribution in [0.4, 0.5) is 0 Å². The number of nitrogens with zero attached hydrogens (tertiary/aromatic N) is 3. The van der Waals surface area contributed by atoms with Crippen LogP contribution in [0.2, 0.25) is 0 Å². The van der Waals surface area contributed by atoms with Crippen LogP contribution in [-0.2, 0) is 0 Å². The van der Waals surface area contributed by atoms with Crippen LogP contribution in [0.3, 0.4) is 0 Å². The van der Waals surface area contributed by atoms with Crippen molar-refractivity contribution in [3.63, 3.8) is 0 Å². The van der Waals surface area contributed by atoms with Gasteiger partial charge in [-0.3, -0.25) is 14.0 Å². The molecule has 2 aromatic heterocycles. The van der Waals surface area contributed by atoms with E-state index in [1.165, 1.54) is 6.92 Å². The molecule has 0 amide bonds. The van der Waals surface area contributed by atoms with Crippen molar-refractivity contribution >= 4 is 22.3 Å². The van der Waals surface area contributed by atoms with Crippen molar-refractivity contribution in [1.29, 1.82) is 0 Å². The number of ketones is 1. The van der Waals surface area contributed by atoms with E-state index in [9.17, 15) is 9.59 Å². The van der Waals surface area contributed by atoms with Gasteiger partial charge in [-0.2, -0.15) is 4.98 Å². The molecule has 0 spiro atoms. The third-order valence-electron chi connectivity index (χ3n) is 3.18. The second-order valence-electron chi connectivity index (χ2n) is 4.39. The molecule has 0 unspecified atom stereocenters. The first-order valence-electron chi connectivity index (χ1n) is 5.87. The molecule has 0 radical (unpaired) electrons. The summed E-state index contributed by atoms with van der Waals surface area (Å²) in [6.45, 7) is 3.09. The van der Waals surface area contributed by atoms with E-state index in [0.717, 1.165) is 10.9 Å². The molecule has 5 nitrogen and oxygen atoms in total. The molecule has 1 aromatic carbocycles. The van der Waals surface area contributed by atoms with Crippen molar-refractivity contribution < 1.29 is 4.79 Å². The van der Waals surface area contributed by atoms with Crippen molar-refractivity contribution in [2.75, 3.05) is 0 Å². The molecule has 0 aliphatic heterocycles. The number of carbonyl (C=O) groups excluding carboxylic acids is 1. The lowest BCUT2D eigenvalue weighted by molar-refractivity contribution is 0.101. The molecule has 0 saturated carbocycles. The van der Waals surface area contributed by atoms with Crippen molar-refractivity contribution in [2.45, 2.75) is 13.8 Å². The average Bonchev–Trinajstić information content (AvgIpc) is 2.38. The van der Waals surface area contributed by atoms with Gasteiger partial charge < -0.3 is 0 Å². The summed E-state index contributed by atoms with van der Waals surface area (Å²) in [5, 5.41) is 0.792. The van der Waals surface area contributed by atoms with Crippen molar-refractivity contribution in [3.8, 4) is 0 Å². The highest BCUT2D eigenvalue weighted by atomic mass is 16.1. The maximum absolute atomic E-state index is 12.0. The van der Waals surface area contributed by atoms with Gasteiger partial charge in [0, 0.05) is 11.1 Å². The third kappa shape index (κ3) is 1.62. The Kier molecular flexibility index (Phi) is 2.41. The number of hydrogen-bond acceptors (Lipinski definition) is 4. The number of aromatic nitrogens is 3. The highest BCUT2D eigenvalue weighted by Crippen LogP contribution is 2.17. The fourth-order valence-electron chi connectivity index (χ4n) is 2.27. The van der Waals surface area contributed by atoms with Gasteiger partial charge >= 0.3 is 0 Å². The Labute approximate surface area is 108 Å². The van der Waals surface area contributed by atoms with Gasteiger partial charge in [0.1, 0.15) is 11.9 Å². The fourth-order valence-corrected chi connectivity index (χ4v) is 2.27. The Morgan fingerprint density at radius 3 is 2.74 bits per heavy atom. The second-order valence-corrected chi connectivity index (χ2v) is 4.39. The first kappa shape index (κ1) is 11.5. The lowest BCUT2D eigenvalue weighted by Crippen LogP contribution is -2.21. The monoisotopic (exact) mass is 253 g/mol. The second kappa shape index (κ2) is 3.98. The van der Waals surface area contributed by atoms with E-state index in [2.05, 4.69) is 9.97 Å². The number of benzene rings is 1. The van der Waals surface area contributed by atoms with Crippen LogP contribution in [0.15, 0.2) is 35.4 Å². The van der Waals surface area contributed by atoms with E-state index in [1.807, 2.05) is 24.3 Å². The van der Waals surface area contributed by atoms with E-state index in [-0.39, 0.29) is 11.3 Å². The SMILES string of the molecule is CC(=O)c1c(C)n2cnc3ccccc3c2nc1=O. The molecule has 0 fully saturated rings. The first-order chi connectivity index (χ1) is 9.09. The molecular weight excluding hydrogens is 242 g/mol. The Hall–Kier alpha value is -2.56. The number of Topliss-reactive ketones (excluding diaryl/α,β-unsaturated/α-hetero) is 1. The topological polar surface area (TPSA) is 64.3 Å². The van der Waals surface area contributed by atoms with Crippen LogP contribution in [-0.4, -0.2) is 20.2 Å². The molecule has 0 bridgehead atoms. The summed E-state index contributed by atoms with van der Waals surface area (Å²) in [5.41, 5.74) is 1.50. The number of aryl methyl sites for hydroxylation is 1. The van der Waals surface area contributed by atoms with Crippen LogP contribution in [0, 0.1) is 6.92 Å². The Morgan fingerprint density at radius 1 is 1.26 bits per heavy atom. The van der Waals surface area contributed by atoms with Gasteiger partial charge in [-0.25, -0.2) is 4.98 Å². The molecule has 0 N–H and O–H groups in total. The minimum absolute atomic E-state index is 0.120.